The minimum Gasteiger partial charge on any atom is -0.396 e. The van der Waals surface area contributed by atoms with E-state index in [0.717, 1.165) is 15.7 Å². The second-order valence-corrected chi connectivity index (χ2v) is 4.58. The molecule has 0 saturated heterocycles. The van der Waals surface area contributed by atoms with Gasteiger partial charge in [0.25, 0.3) is 0 Å². The molecule has 0 aliphatic heterocycles. The monoisotopic (exact) mass is 272 g/mol. The van der Waals surface area contributed by atoms with Gasteiger partial charge in [-0.1, -0.05) is 6.07 Å². The number of rotatable bonds is 4. The van der Waals surface area contributed by atoms with Crippen LogP contribution in [0.2, 0.25) is 0 Å². The Hall–Kier alpha value is -0.580. The van der Waals surface area contributed by atoms with Crippen LogP contribution in [-0.4, -0.2) is 25.8 Å². The molecule has 3 nitrogen and oxygen atoms in total. The maximum atomic E-state index is 8.81. The quantitative estimate of drug-likeness (QED) is 0.880. The molecule has 0 bridgehead atoms. The Morgan fingerprint density at radius 3 is 2.60 bits per heavy atom. The molecule has 0 aliphatic rings. The number of nitrogens with zero attached hydrogens (tertiary/aromatic N) is 1. The molecule has 0 heterocycles. The number of hydrogen-bond donors (Lipinski definition) is 2. The van der Waals surface area contributed by atoms with Crippen LogP contribution in [0, 0.1) is 0 Å². The van der Waals surface area contributed by atoms with E-state index in [2.05, 4.69) is 15.9 Å². The number of aliphatic hydroxyl groups excluding tert-OH is 1. The Labute approximate surface area is 99.0 Å². The van der Waals surface area contributed by atoms with Gasteiger partial charge in [-0.15, -0.1) is 0 Å². The van der Waals surface area contributed by atoms with Gasteiger partial charge in [0, 0.05) is 31.2 Å². The summed E-state index contributed by atoms with van der Waals surface area (Å²) in [7, 11) is 3.99. The van der Waals surface area contributed by atoms with E-state index in [1.54, 1.807) is 0 Å². The molecule has 0 aromatic heterocycles. The molecule has 0 spiro atoms. The number of anilines is 1. The molecule has 0 radical (unpaired) electrons. The highest BCUT2D eigenvalue weighted by Crippen LogP contribution is 2.28. The Morgan fingerprint density at radius 2 is 2.13 bits per heavy atom. The summed E-state index contributed by atoms with van der Waals surface area (Å²) in [4.78, 5) is 2.03. The zero-order chi connectivity index (χ0) is 11.4. The molecule has 1 aromatic rings. The summed E-state index contributed by atoms with van der Waals surface area (Å²) in [6.45, 7) is 0.119. The fourth-order valence-corrected chi connectivity index (χ4v) is 2.17. The van der Waals surface area contributed by atoms with Crippen LogP contribution in [0.5, 0.6) is 0 Å². The van der Waals surface area contributed by atoms with Gasteiger partial charge < -0.3 is 15.7 Å². The van der Waals surface area contributed by atoms with Crippen molar-refractivity contribution in [2.24, 2.45) is 5.73 Å². The Balaban J connectivity index is 2.91. The van der Waals surface area contributed by atoms with Crippen molar-refractivity contribution in [3.8, 4) is 0 Å². The lowest BCUT2D eigenvalue weighted by molar-refractivity contribution is 0.276. The van der Waals surface area contributed by atoms with Gasteiger partial charge in [-0.25, -0.2) is 0 Å². The summed E-state index contributed by atoms with van der Waals surface area (Å²) in [5.74, 6) is 0. The average molecular weight is 273 g/mol. The summed E-state index contributed by atoms with van der Waals surface area (Å²) < 4.78 is 1.03. The first-order chi connectivity index (χ1) is 7.06. The highest BCUT2D eigenvalue weighted by molar-refractivity contribution is 9.10. The van der Waals surface area contributed by atoms with Crippen LogP contribution in [0.25, 0.3) is 0 Å². The predicted molar refractivity (Wildman–Crippen MR) is 67.1 cm³/mol. The maximum absolute atomic E-state index is 8.81. The molecule has 3 N–H and O–H groups in total. The van der Waals surface area contributed by atoms with Crippen LogP contribution >= 0.6 is 15.9 Å². The molecule has 84 valence electrons. The summed E-state index contributed by atoms with van der Waals surface area (Å²) in [6.07, 6.45) is 0.591. The first kappa shape index (κ1) is 12.5. The predicted octanol–water partition coefficient (Wildman–Crippen LogP) is 1.90. The first-order valence-electron chi connectivity index (χ1n) is 4.89. The van der Waals surface area contributed by atoms with Crippen molar-refractivity contribution in [2.75, 3.05) is 25.6 Å². The zero-order valence-corrected chi connectivity index (χ0v) is 10.7. The van der Waals surface area contributed by atoms with Gasteiger partial charge in [-0.2, -0.15) is 0 Å². The van der Waals surface area contributed by atoms with E-state index in [-0.39, 0.29) is 12.6 Å². The molecule has 0 amide bonds. The smallest absolute Gasteiger partial charge is 0.0505 e. The topological polar surface area (TPSA) is 49.5 Å². The van der Waals surface area contributed by atoms with Gasteiger partial charge in [0.1, 0.15) is 0 Å². The second-order valence-electron chi connectivity index (χ2n) is 3.72. The van der Waals surface area contributed by atoms with Crippen molar-refractivity contribution in [3.05, 3.63) is 28.2 Å². The van der Waals surface area contributed by atoms with Gasteiger partial charge in [0.05, 0.1) is 5.69 Å². The molecule has 1 aromatic carbocycles. The van der Waals surface area contributed by atoms with Gasteiger partial charge in [0.15, 0.2) is 0 Å². The number of nitrogens with two attached hydrogens (primary N) is 1. The number of aliphatic hydroxyl groups is 1. The van der Waals surface area contributed by atoms with E-state index in [0.29, 0.717) is 6.42 Å². The van der Waals surface area contributed by atoms with Crippen molar-refractivity contribution in [1.82, 2.24) is 0 Å². The minimum atomic E-state index is -0.0949. The van der Waals surface area contributed by atoms with Crippen LogP contribution in [0.3, 0.4) is 0 Å². The molecule has 0 aliphatic carbocycles. The fraction of sp³-hybridized carbons (Fsp3) is 0.455. The summed E-state index contributed by atoms with van der Waals surface area (Å²) in [6, 6.07) is 5.94. The molecular formula is C11H17BrN2O. The van der Waals surface area contributed by atoms with E-state index in [1.807, 2.05) is 37.2 Å². The Bertz CT molecular complexity index is 328. The third kappa shape index (κ3) is 3.19. The third-order valence-electron chi connectivity index (χ3n) is 2.32. The Morgan fingerprint density at radius 1 is 1.47 bits per heavy atom. The van der Waals surface area contributed by atoms with Crippen molar-refractivity contribution in [3.63, 3.8) is 0 Å². The SMILES string of the molecule is CN(C)c1ccc(C(N)CCO)cc1Br. The van der Waals surface area contributed by atoms with E-state index < -0.39 is 0 Å². The molecule has 15 heavy (non-hydrogen) atoms. The lowest BCUT2D eigenvalue weighted by Crippen LogP contribution is -2.13. The van der Waals surface area contributed by atoms with E-state index in [9.17, 15) is 0 Å². The van der Waals surface area contributed by atoms with Crippen LogP contribution < -0.4 is 10.6 Å². The van der Waals surface area contributed by atoms with Crippen molar-refractivity contribution in [1.29, 1.82) is 0 Å². The molecule has 4 heteroatoms. The van der Waals surface area contributed by atoms with Crippen LogP contribution in [0.15, 0.2) is 22.7 Å². The third-order valence-corrected chi connectivity index (χ3v) is 2.96. The minimum absolute atomic E-state index is 0.0949. The van der Waals surface area contributed by atoms with E-state index in [1.165, 1.54) is 0 Å². The normalized spacial score (nSPS) is 12.6. The Kier molecular flexibility index (Phi) is 4.57. The summed E-state index contributed by atoms with van der Waals surface area (Å²) in [5, 5.41) is 8.81. The van der Waals surface area contributed by atoms with Gasteiger partial charge in [0.2, 0.25) is 0 Å². The summed E-state index contributed by atoms with van der Waals surface area (Å²) >= 11 is 3.51. The highest BCUT2D eigenvalue weighted by atomic mass is 79.9. The van der Waals surface area contributed by atoms with Gasteiger partial charge >= 0.3 is 0 Å². The molecule has 0 fully saturated rings. The largest absolute Gasteiger partial charge is 0.396 e. The van der Waals surface area contributed by atoms with Gasteiger partial charge in [-0.3, -0.25) is 0 Å². The fourth-order valence-electron chi connectivity index (χ4n) is 1.42. The van der Waals surface area contributed by atoms with Crippen LogP contribution in [0.4, 0.5) is 5.69 Å². The zero-order valence-electron chi connectivity index (χ0n) is 9.07. The van der Waals surface area contributed by atoms with E-state index in [4.69, 9.17) is 10.8 Å². The number of hydrogen-bond acceptors (Lipinski definition) is 3. The number of halogens is 1. The summed E-state index contributed by atoms with van der Waals surface area (Å²) in [5.41, 5.74) is 8.07. The second kappa shape index (κ2) is 5.49. The molecule has 1 atom stereocenters. The van der Waals surface area contributed by atoms with Crippen molar-refractivity contribution < 1.29 is 5.11 Å². The first-order valence-corrected chi connectivity index (χ1v) is 5.68. The van der Waals surface area contributed by atoms with Gasteiger partial charge in [-0.05, 0) is 40.0 Å². The molecule has 1 unspecified atom stereocenters. The molecule has 1 rings (SSSR count). The maximum Gasteiger partial charge on any atom is 0.0505 e. The lowest BCUT2D eigenvalue weighted by Gasteiger charge is -2.17. The van der Waals surface area contributed by atoms with Crippen molar-refractivity contribution in [2.45, 2.75) is 12.5 Å². The standard InChI is InChI=1S/C11H17BrN2O/c1-14(2)11-4-3-8(7-9(11)12)10(13)5-6-15/h3-4,7,10,15H,5-6,13H2,1-2H3. The van der Waals surface area contributed by atoms with Crippen LogP contribution in [-0.2, 0) is 0 Å². The lowest BCUT2D eigenvalue weighted by atomic mass is 10.0. The van der Waals surface area contributed by atoms with Crippen LogP contribution in [0.1, 0.15) is 18.0 Å². The number of benzene rings is 1. The van der Waals surface area contributed by atoms with Crippen molar-refractivity contribution >= 4 is 21.6 Å². The highest BCUT2D eigenvalue weighted by Gasteiger charge is 2.08. The van der Waals surface area contributed by atoms with E-state index >= 15 is 0 Å². The average Bonchev–Trinajstić information content (AvgIpc) is 2.17. The molecule has 0 saturated carbocycles. The molecular weight excluding hydrogens is 256 g/mol.